The Bertz CT molecular complexity index is 864. The van der Waals surface area contributed by atoms with Gasteiger partial charge in [-0.15, -0.1) is 0 Å². The van der Waals surface area contributed by atoms with Crippen LogP contribution in [0.1, 0.15) is 6.92 Å². The Hall–Kier alpha value is -2.87. The number of nitrogens with zero attached hydrogens (tertiary/aromatic N) is 4. The molecule has 1 aliphatic rings. The number of nitrogens with one attached hydrogen (secondary N) is 1. The average molecular weight is 348 g/mol. The van der Waals surface area contributed by atoms with Crippen LogP contribution in [0.5, 0.6) is 5.75 Å². The topological polar surface area (TPSA) is 102 Å². The van der Waals surface area contributed by atoms with E-state index in [2.05, 4.69) is 20.1 Å². The Labute approximate surface area is 141 Å². The fourth-order valence-corrected chi connectivity index (χ4v) is 2.20. The van der Waals surface area contributed by atoms with E-state index >= 15 is 0 Å². The quantitative estimate of drug-likeness (QED) is 0.763. The Morgan fingerprint density at radius 1 is 1.48 bits per heavy atom. The lowest BCUT2D eigenvalue weighted by Gasteiger charge is -2.02. The lowest BCUT2D eigenvalue weighted by Crippen LogP contribution is -2.27. The number of hydrogen-bond donors (Lipinski definition) is 2. The van der Waals surface area contributed by atoms with Gasteiger partial charge in [0.1, 0.15) is 11.4 Å². The second kappa shape index (κ2) is 6.49. The Balaban J connectivity index is 2.57. The van der Waals surface area contributed by atoms with E-state index in [0.29, 0.717) is 0 Å². The molecule has 7 nitrogen and oxygen atoms in total. The van der Waals surface area contributed by atoms with Crippen LogP contribution in [0, 0.1) is 17.9 Å². The van der Waals surface area contributed by atoms with E-state index in [0.717, 1.165) is 0 Å². The van der Waals surface area contributed by atoms with Gasteiger partial charge < -0.3 is 10.4 Å². The molecule has 0 unspecified atom stereocenters. The van der Waals surface area contributed by atoms with Gasteiger partial charge in [-0.05, 0) is 12.1 Å². The van der Waals surface area contributed by atoms with Crippen molar-refractivity contribution in [2.75, 3.05) is 0 Å². The molecule has 0 atom stereocenters. The third-order valence-corrected chi connectivity index (χ3v) is 3.23. The van der Waals surface area contributed by atoms with Crippen LogP contribution in [-0.4, -0.2) is 22.7 Å². The summed E-state index contributed by atoms with van der Waals surface area (Å²) in [5, 5.41) is 21.1. The number of amidine groups is 2. The molecule has 2 rings (SSSR count). The lowest BCUT2D eigenvalue weighted by molar-refractivity contribution is -0.117. The van der Waals surface area contributed by atoms with Gasteiger partial charge in [0, 0.05) is 6.92 Å². The van der Waals surface area contributed by atoms with Crippen LogP contribution in [0.2, 0.25) is 10.0 Å². The molecule has 1 aliphatic heterocycles. The van der Waals surface area contributed by atoms with Gasteiger partial charge in [-0.3, -0.25) is 4.79 Å². The minimum Gasteiger partial charge on any atom is -0.505 e. The first-order valence-electron chi connectivity index (χ1n) is 6.03. The summed E-state index contributed by atoms with van der Waals surface area (Å²) in [6.45, 7) is 8.38. The van der Waals surface area contributed by atoms with Gasteiger partial charge in [-0.1, -0.05) is 23.2 Å². The molecule has 0 bridgehead atoms. The molecule has 114 valence electrons. The van der Waals surface area contributed by atoms with Crippen LogP contribution in [0.3, 0.4) is 0 Å². The molecule has 1 aromatic rings. The predicted octanol–water partition coefficient (Wildman–Crippen LogP) is 2.97. The van der Waals surface area contributed by atoms with Crippen molar-refractivity contribution >= 4 is 46.5 Å². The van der Waals surface area contributed by atoms with Crippen molar-refractivity contribution in [1.82, 2.24) is 5.32 Å². The summed E-state index contributed by atoms with van der Waals surface area (Å²) >= 11 is 11.6. The molecule has 1 amide bonds. The molecule has 0 aliphatic carbocycles. The highest BCUT2D eigenvalue weighted by molar-refractivity contribution is 6.37. The fraction of sp³-hybridized carbons (Fsp3) is 0.0714. The van der Waals surface area contributed by atoms with Gasteiger partial charge in [-0.25, -0.2) is 14.8 Å². The molecule has 1 heterocycles. The van der Waals surface area contributed by atoms with Crippen LogP contribution in [0.15, 0.2) is 33.4 Å². The second-order valence-electron chi connectivity index (χ2n) is 4.28. The summed E-state index contributed by atoms with van der Waals surface area (Å²) in [4.78, 5) is 22.4. The second-order valence-corrected chi connectivity index (χ2v) is 5.10. The van der Waals surface area contributed by atoms with Crippen molar-refractivity contribution in [3.63, 3.8) is 0 Å². The number of benzene rings is 1. The lowest BCUT2D eigenvalue weighted by atomic mass is 10.2. The molecule has 23 heavy (non-hydrogen) atoms. The van der Waals surface area contributed by atoms with E-state index in [-0.39, 0.29) is 44.4 Å². The van der Waals surface area contributed by atoms with Gasteiger partial charge in [0.2, 0.25) is 11.6 Å². The number of carbonyl (C=O) groups is 1. The maximum absolute atomic E-state index is 11.1. The van der Waals surface area contributed by atoms with Gasteiger partial charge in [0.15, 0.2) is 11.6 Å². The maximum atomic E-state index is 11.1. The monoisotopic (exact) mass is 347 g/mol. The largest absolute Gasteiger partial charge is 0.505 e. The molecular weight excluding hydrogens is 341 g/mol. The number of aromatic hydroxyl groups is 1. The molecule has 0 aromatic heterocycles. The summed E-state index contributed by atoms with van der Waals surface area (Å²) in [6, 6.07) is 4.49. The maximum Gasteiger partial charge on any atom is 0.249 e. The number of rotatable bonds is 1. The van der Waals surface area contributed by atoms with Crippen molar-refractivity contribution in [1.29, 1.82) is 5.26 Å². The first-order chi connectivity index (χ1) is 10.9. The number of hydrogen-bond acceptors (Lipinski definition) is 4. The van der Waals surface area contributed by atoms with Crippen molar-refractivity contribution in [2.45, 2.75) is 6.92 Å². The number of aliphatic imine (C=N–C) groups is 2. The van der Waals surface area contributed by atoms with Gasteiger partial charge in [-0.2, -0.15) is 5.26 Å². The molecule has 0 radical (unpaired) electrons. The van der Waals surface area contributed by atoms with E-state index in [9.17, 15) is 15.2 Å². The number of carbonyl (C=O) groups excluding carboxylic acids is 1. The Morgan fingerprint density at radius 3 is 2.57 bits per heavy atom. The molecule has 1 aromatic carbocycles. The van der Waals surface area contributed by atoms with Crippen molar-refractivity contribution in [3.8, 4) is 11.8 Å². The summed E-state index contributed by atoms with van der Waals surface area (Å²) in [7, 11) is 0. The SMILES string of the molecule is [C-]#[N+]C1=C(C#N)C(=Nc2cc(Cl)c(O)c(Cl)c2)N=C1NC(C)=O. The van der Waals surface area contributed by atoms with Crippen LogP contribution in [-0.2, 0) is 4.79 Å². The smallest absolute Gasteiger partial charge is 0.249 e. The normalized spacial score (nSPS) is 15.2. The van der Waals surface area contributed by atoms with E-state index in [1.807, 2.05) is 6.07 Å². The Morgan fingerprint density at radius 2 is 2.09 bits per heavy atom. The molecular formula is C14H7Cl2N5O2. The van der Waals surface area contributed by atoms with Gasteiger partial charge in [0.05, 0.1) is 28.4 Å². The highest BCUT2D eigenvalue weighted by atomic mass is 35.5. The highest BCUT2D eigenvalue weighted by Crippen LogP contribution is 2.36. The summed E-state index contributed by atoms with van der Waals surface area (Å²) in [6.07, 6.45) is 0. The molecule has 0 fully saturated rings. The van der Waals surface area contributed by atoms with Crippen LogP contribution in [0.4, 0.5) is 5.69 Å². The zero-order valence-electron chi connectivity index (χ0n) is 11.6. The predicted molar refractivity (Wildman–Crippen MR) is 85.7 cm³/mol. The number of amides is 1. The first-order valence-corrected chi connectivity index (χ1v) is 6.78. The van der Waals surface area contributed by atoms with Crippen LogP contribution < -0.4 is 5.32 Å². The third-order valence-electron chi connectivity index (χ3n) is 2.66. The first kappa shape index (κ1) is 16.5. The minimum atomic E-state index is -0.431. The van der Waals surface area contributed by atoms with Gasteiger partial charge in [0.25, 0.3) is 0 Å². The molecule has 9 heteroatoms. The number of phenols is 1. The van der Waals surface area contributed by atoms with E-state index in [1.54, 1.807) is 0 Å². The summed E-state index contributed by atoms with van der Waals surface area (Å²) in [5.74, 6) is -0.818. The van der Waals surface area contributed by atoms with Crippen LogP contribution in [0.25, 0.3) is 4.85 Å². The summed E-state index contributed by atoms with van der Waals surface area (Å²) in [5.41, 5.74) is 0.0548. The van der Waals surface area contributed by atoms with Crippen molar-refractivity contribution in [2.24, 2.45) is 9.98 Å². The van der Waals surface area contributed by atoms with Gasteiger partial charge >= 0.3 is 0 Å². The zero-order valence-corrected chi connectivity index (χ0v) is 13.1. The Kier molecular flexibility index (Phi) is 4.65. The standard InChI is InChI=1S/C14H7Cl2N5O2/c1-6(22)19-14-11(18-2)8(5-17)13(21-14)20-7-3-9(15)12(23)10(16)4-7/h3-4,23H,1H3,(H,19,20,21,22). The fourth-order valence-electron chi connectivity index (χ4n) is 1.72. The molecule has 0 saturated carbocycles. The van der Waals surface area contributed by atoms with E-state index < -0.39 is 5.91 Å². The average Bonchev–Trinajstić information content (AvgIpc) is 2.80. The van der Waals surface area contributed by atoms with Crippen molar-refractivity contribution in [3.05, 3.63) is 44.9 Å². The molecule has 0 spiro atoms. The number of halogens is 2. The van der Waals surface area contributed by atoms with Crippen LogP contribution >= 0.6 is 23.2 Å². The van der Waals surface area contributed by atoms with E-state index in [1.165, 1.54) is 19.1 Å². The number of nitriles is 1. The molecule has 0 saturated heterocycles. The van der Waals surface area contributed by atoms with Crippen molar-refractivity contribution < 1.29 is 9.90 Å². The third kappa shape index (κ3) is 3.32. The number of phenolic OH excluding ortho intramolecular Hbond substituents is 1. The minimum absolute atomic E-state index is 0.0196. The highest BCUT2D eigenvalue weighted by Gasteiger charge is 2.26. The zero-order chi connectivity index (χ0) is 17.1. The van der Waals surface area contributed by atoms with E-state index in [4.69, 9.17) is 29.8 Å². The molecule has 2 N–H and O–H groups in total. The summed E-state index contributed by atoms with van der Waals surface area (Å²) < 4.78 is 0.